The summed E-state index contributed by atoms with van der Waals surface area (Å²) in [6.07, 6.45) is 0. The van der Waals surface area contributed by atoms with Gasteiger partial charge in [-0.05, 0) is 35.9 Å². The summed E-state index contributed by atoms with van der Waals surface area (Å²) < 4.78 is 50.4. The minimum absolute atomic E-state index is 0. The highest BCUT2D eigenvalue weighted by atomic mass is 79.9. The quantitative estimate of drug-likeness (QED) is 0.431. The van der Waals surface area contributed by atoms with Gasteiger partial charge in [0, 0.05) is 11.0 Å². The molecule has 0 saturated carbocycles. The second-order valence-corrected chi connectivity index (χ2v) is 10.6. The molecule has 3 aromatic rings. The van der Waals surface area contributed by atoms with E-state index in [4.69, 9.17) is 11.0 Å². The normalized spacial score (nSPS) is 11.8. The van der Waals surface area contributed by atoms with Crippen molar-refractivity contribution in [1.29, 1.82) is 5.26 Å². The summed E-state index contributed by atoms with van der Waals surface area (Å²) in [5, 5.41) is 8.75. The third kappa shape index (κ3) is 7.52. The zero-order valence-electron chi connectivity index (χ0n) is 16.9. The number of benzene rings is 3. The van der Waals surface area contributed by atoms with Crippen molar-refractivity contribution < 1.29 is 16.8 Å². The Morgan fingerprint density at radius 3 is 1.59 bits per heavy atom. The number of hydrogen-bond acceptors (Lipinski definition) is 7. The van der Waals surface area contributed by atoms with Gasteiger partial charge in [-0.1, -0.05) is 70.5 Å². The van der Waals surface area contributed by atoms with E-state index < -0.39 is 20.0 Å². The third-order valence-electron chi connectivity index (χ3n) is 4.00. The summed E-state index contributed by atoms with van der Waals surface area (Å²) in [5.41, 5.74) is 6.40. The van der Waals surface area contributed by atoms with Crippen LogP contribution in [0.4, 0.5) is 0 Å². The maximum Gasteiger partial charge on any atom is 0.253 e. The van der Waals surface area contributed by atoms with Gasteiger partial charge in [-0.2, -0.15) is 5.26 Å². The molecule has 0 aliphatic rings. The molecule has 1 unspecified atom stereocenters. The Kier molecular flexibility index (Phi) is 10.7. The molecule has 3 aromatic carbocycles. The summed E-state index contributed by atoms with van der Waals surface area (Å²) in [6, 6.07) is 24.4. The highest BCUT2D eigenvalue weighted by Crippen LogP contribution is 2.23. The van der Waals surface area contributed by atoms with Gasteiger partial charge in [0.2, 0.25) is 0 Å². The molecule has 8 nitrogen and oxygen atoms in total. The van der Waals surface area contributed by atoms with E-state index in [1.54, 1.807) is 16.3 Å². The molecule has 32 heavy (non-hydrogen) atoms. The number of sulfonamides is 2. The lowest BCUT2D eigenvalue weighted by Crippen LogP contribution is -2.30. The van der Waals surface area contributed by atoms with Crippen LogP contribution in [0, 0.1) is 11.3 Å². The van der Waals surface area contributed by atoms with E-state index in [0.717, 1.165) is 10.0 Å². The topological polar surface area (TPSA) is 165 Å². The Labute approximate surface area is 196 Å². The number of nitrogens with two attached hydrogens (primary N) is 1. The fraction of sp³-hybridized carbons (Fsp3) is 0.0952. The molecule has 0 radical (unpaired) electrons. The summed E-state index contributed by atoms with van der Waals surface area (Å²) in [6.45, 7) is 0.360. The van der Waals surface area contributed by atoms with Crippen molar-refractivity contribution in [1.82, 2.24) is 10.3 Å². The third-order valence-corrected chi connectivity index (χ3v) is 8.26. The molecule has 170 valence electrons. The molecule has 0 amide bonds. The summed E-state index contributed by atoms with van der Waals surface area (Å²) >= 11 is 3.37. The Morgan fingerprint density at radius 2 is 1.22 bits per heavy atom. The van der Waals surface area contributed by atoms with Gasteiger partial charge < -0.3 is 11.9 Å². The number of nitrogens with one attached hydrogen (secondary N) is 1. The summed E-state index contributed by atoms with van der Waals surface area (Å²) in [4.78, 5) is -0.205. The van der Waals surface area contributed by atoms with Gasteiger partial charge >= 0.3 is 0 Å². The van der Waals surface area contributed by atoms with Crippen LogP contribution < -0.4 is 16.0 Å². The van der Waals surface area contributed by atoms with Crippen LogP contribution in [-0.4, -0.2) is 23.4 Å². The second kappa shape index (κ2) is 12.4. The number of halogens is 1. The van der Waals surface area contributed by atoms with E-state index in [1.165, 1.54) is 48.5 Å². The molecule has 0 saturated heterocycles. The average Bonchev–Trinajstić information content (AvgIpc) is 2.77. The molecular formula is C21H23BrN4O4S2. The number of nitrogens with zero attached hydrogens (tertiary/aromatic N) is 1. The van der Waals surface area contributed by atoms with Crippen molar-refractivity contribution in [2.45, 2.75) is 15.7 Å². The number of hydrogen-bond donors (Lipinski definition) is 3. The Bertz CT molecular complexity index is 1180. The lowest BCUT2D eigenvalue weighted by Gasteiger charge is -2.07. The maximum absolute atomic E-state index is 11.9. The van der Waals surface area contributed by atoms with Crippen LogP contribution in [0.3, 0.4) is 0 Å². The van der Waals surface area contributed by atoms with Gasteiger partial charge in [-0.3, -0.25) is 0 Å². The van der Waals surface area contributed by atoms with Crippen molar-refractivity contribution in [2.24, 2.45) is 5.73 Å². The van der Waals surface area contributed by atoms with E-state index in [1.807, 2.05) is 24.3 Å². The van der Waals surface area contributed by atoms with Crippen LogP contribution in [0.1, 0.15) is 11.5 Å². The van der Waals surface area contributed by atoms with Gasteiger partial charge in [0.15, 0.2) is 0 Å². The first-order valence-corrected chi connectivity index (χ1v) is 12.7. The van der Waals surface area contributed by atoms with Crippen molar-refractivity contribution in [3.05, 3.63) is 95.0 Å². The molecule has 0 aliphatic carbocycles. The Morgan fingerprint density at radius 1 is 0.812 bits per heavy atom. The smallest absolute Gasteiger partial charge is 0.253 e. The molecule has 6 N–H and O–H groups in total. The molecule has 1 atom stereocenters. The van der Waals surface area contributed by atoms with Crippen LogP contribution in [0.5, 0.6) is 0 Å². The fourth-order valence-corrected chi connectivity index (χ4v) is 5.96. The zero-order chi connectivity index (χ0) is 22.9. The molecule has 0 heterocycles. The molecule has 0 aliphatic heterocycles. The molecule has 0 fully saturated rings. The van der Waals surface area contributed by atoms with E-state index in [9.17, 15) is 16.8 Å². The van der Waals surface area contributed by atoms with Gasteiger partial charge in [0.1, 0.15) is 0 Å². The lowest BCUT2D eigenvalue weighted by molar-refractivity contribution is 0.577. The SMILES string of the molecule is N.N#CC(CN)c1ccccc1Br.O=S(=O)(NS(=O)(=O)c1ccccc1)c1ccccc1. The summed E-state index contributed by atoms with van der Waals surface area (Å²) in [5.74, 6) is -0.208. The molecule has 0 aromatic heterocycles. The van der Waals surface area contributed by atoms with E-state index >= 15 is 0 Å². The van der Waals surface area contributed by atoms with Crippen LogP contribution in [-0.2, 0) is 20.0 Å². The Hall–Kier alpha value is -2.59. The Balaban J connectivity index is 0.000000342. The average molecular weight is 539 g/mol. The predicted octanol–water partition coefficient (Wildman–Crippen LogP) is 3.53. The van der Waals surface area contributed by atoms with Crippen LogP contribution >= 0.6 is 15.9 Å². The zero-order valence-corrected chi connectivity index (χ0v) is 20.1. The molecule has 3 rings (SSSR count). The van der Waals surface area contributed by atoms with Gasteiger partial charge in [-0.25, -0.2) is 16.8 Å². The lowest BCUT2D eigenvalue weighted by atomic mass is 10.0. The van der Waals surface area contributed by atoms with Gasteiger partial charge in [0.05, 0.1) is 21.8 Å². The van der Waals surface area contributed by atoms with Crippen molar-refractivity contribution in [3.8, 4) is 6.07 Å². The monoisotopic (exact) mass is 538 g/mol. The van der Waals surface area contributed by atoms with E-state index in [0.29, 0.717) is 6.54 Å². The summed E-state index contributed by atoms with van der Waals surface area (Å²) in [7, 11) is -8.21. The minimum atomic E-state index is -4.10. The highest BCUT2D eigenvalue weighted by molar-refractivity contribution is 9.10. The standard InChI is InChI=1S/C12H11NO4S2.C9H9BrN2.H3N/c14-18(15,11-7-3-1-4-8-11)13-19(16,17)12-9-5-2-6-10-12;10-9-4-2-1-3-8(9)7(5-11)6-12;/h1-10,13H;1-4,7H,5,11H2;1H3. The first kappa shape index (κ1) is 27.4. The van der Waals surface area contributed by atoms with Crippen molar-refractivity contribution in [2.75, 3.05) is 6.54 Å². The molecular weight excluding hydrogens is 516 g/mol. The van der Waals surface area contributed by atoms with Crippen LogP contribution in [0.2, 0.25) is 0 Å². The van der Waals surface area contributed by atoms with Crippen molar-refractivity contribution >= 4 is 36.0 Å². The first-order chi connectivity index (χ1) is 14.7. The maximum atomic E-state index is 11.9. The number of rotatable bonds is 6. The molecule has 0 spiro atoms. The molecule has 11 heteroatoms. The van der Waals surface area contributed by atoms with E-state index in [-0.39, 0.29) is 21.9 Å². The fourth-order valence-electron chi connectivity index (χ4n) is 2.45. The van der Waals surface area contributed by atoms with Gasteiger partial charge in [-0.15, -0.1) is 4.13 Å². The number of nitriles is 1. The predicted molar refractivity (Wildman–Crippen MR) is 127 cm³/mol. The highest BCUT2D eigenvalue weighted by Gasteiger charge is 2.23. The van der Waals surface area contributed by atoms with Crippen LogP contribution in [0.25, 0.3) is 0 Å². The van der Waals surface area contributed by atoms with Crippen LogP contribution in [0.15, 0.2) is 99.2 Å². The second-order valence-electron chi connectivity index (χ2n) is 6.16. The van der Waals surface area contributed by atoms with Gasteiger partial charge in [0.25, 0.3) is 20.0 Å². The van der Waals surface area contributed by atoms with Crippen molar-refractivity contribution in [3.63, 3.8) is 0 Å². The largest absolute Gasteiger partial charge is 0.344 e. The molecule has 0 bridgehead atoms. The van der Waals surface area contributed by atoms with E-state index in [2.05, 4.69) is 22.0 Å². The first-order valence-electron chi connectivity index (χ1n) is 8.94. The minimum Gasteiger partial charge on any atom is -0.344 e.